The van der Waals surface area contributed by atoms with Crippen molar-refractivity contribution in [1.29, 1.82) is 5.26 Å². The average molecular weight is 279 g/mol. The zero-order valence-electron chi connectivity index (χ0n) is 10.7. The lowest BCUT2D eigenvalue weighted by atomic mass is 10.1. The van der Waals surface area contributed by atoms with Crippen LogP contribution in [0.4, 0.5) is 0 Å². The van der Waals surface area contributed by atoms with Gasteiger partial charge in [-0.15, -0.1) is 0 Å². The molecule has 0 spiro atoms. The van der Waals surface area contributed by atoms with Crippen LogP contribution >= 0.6 is 0 Å². The summed E-state index contributed by atoms with van der Waals surface area (Å²) < 4.78 is 25.9. The quantitative estimate of drug-likeness (QED) is 0.833. The molecule has 1 unspecified atom stereocenters. The predicted molar refractivity (Wildman–Crippen MR) is 71.7 cm³/mol. The molecule has 5 nitrogen and oxygen atoms in total. The van der Waals surface area contributed by atoms with Crippen LogP contribution < -0.4 is 0 Å². The first kappa shape index (κ1) is 14.0. The molecule has 1 aliphatic heterocycles. The van der Waals surface area contributed by atoms with Crippen LogP contribution in [0.1, 0.15) is 24.8 Å². The minimum Gasteiger partial charge on any atom is -0.265 e. The molecule has 0 saturated carbocycles. The molecule has 102 valence electrons. The Morgan fingerprint density at radius 1 is 1.37 bits per heavy atom. The van der Waals surface area contributed by atoms with Gasteiger partial charge in [0.1, 0.15) is 6.04 Å². The third-order valence-electron chi connectivity index (χ3n) is 3.36. The summed E-state index contributed by atoms with van der Waals surface area (Å²) in [4.78, 5) is 3.90. The maximum atomic E-state index is 12.3. The summed E-state index contributed by atoms with van der Waals surface area (Å²) in [5, 5.41) is 9.05. The molecular weight excluding hydrogens is 262 g/mol. The van der Waals surface area contributed by atoms with E-state index < -0.39 is 16.1 Å². The number of sulfonamides is 1. The maximum absolute atomic E-state index is 12.3. The van der Waals surface area contributed by atoms with Crippen LogP contribution in [0.3, 0.4) is 0 Å². The van der Waals surface area contributed by atoms with Crippen molar-refractivity contribution in [2.24, 2.45) is 0 Å². The fourth-order valence-electron chi connectivity index (χ4n) is 2.28. The van der Waals surface area contributed by atoms with Crippen LogP contribution in [0.25, 0.3) is 0 Å². The normalized spacial score (nSPS) is 20.9. The second-order valence-electron chi connectivity index (χ2n) is 4.67. The van der Waals surface area contributed by atoms with Crippen LogP contribution in [0, 0.1) is 11.3 Å². The largest absolute Gasteiger partial charge is 0.265 e. The van der Waals surface area contributed by atoms with Crippen molar-refractivity contribution >= 4 is 10.0 Å². The molecule has 0 bridgehead atoms. The highest BCUT2D eigenvalue weighted by Gasteiger charge is 2.31. The second kappa shape index (κ2) is 6.13. The number of aryl methyl sites for hydroxylation is 1. The zero-order valence-corrected chi connectivity index (χ0v) is 11.5. The van der Waals surface area contributed by atoms with E-state index >= 15 is 0 Å². The average Bonchev–Trinajstić information content (AvgIpc) is 2.46. The molecule has 1 saturated heterocycles. The molecule has 1 aromatic heterocycles. The Morgan fingerprint density at radius 3 is 2.79 bits per heavy atom. The summed E-state index contributed by atoms with van der Waals surface area (Å²) in [7, 11) is -3.35. The highest BCUT2D eigenvalue weighted by atomic mass is 32.2. The summed E-state index contributed by atoms with van der Waals surface area (Å²) in [5.74, 6) is 0.0508. The molecule has 6 heteroatoms. The Morgan fingerprint density at radius 2 is 2.11 bits per heavy atom. The Kier molecular flexibility index (Phi) is 4.51. The number of hydrogen-bond acceptors (Lipinski definition) is 4. The molecule has 1 fully saturated rings. The molecule has 1 atom stereocenters. The molecule has 0 radical (unpaired) electrons. The molecular formula is C13H17N3O2S. The Labute approximate surface area is 113 Å². The van der Waals surface area contributed by atoms with Crippen molar-refractivity contribution in [3.05, 3.63) is 30.1 Å². The topological polar surface area (TPSA) is 74.1 Å². The number of nitrogens with zero attached hydrogens (tertiary/aromatic N) is 3. The van der Waals surface area contributed by atoms with Gasteiger partial charge in [0.2, 0.25) is 10.0 Å². The number of rotatable bonds is 4. The maximum Gasteiger partial charge on any atom is 0.215 e. The SMILES string of the molecule is N#CC1CCCCN1S(=O)(=O)CCc1ccncc1. The van der Waals surface area contributed by atoms with Gasteiger partial charge >= 0.3 is 0 Å². The van der Waals surface area contributed by atoms with E-state index in [1.165, 1.54) is 4.31 Å². The van der Waals surface area contributed by atoms with E-state index in [1.807, 2.05) is 12.1 Å². The minimum absolute atomic E-state index is 0.0508. The number of aromatic nitrogens is 1. The number of piperidine rings is 1. The van der Waals surface area contributed by atoms with E-state index in [1.54, 1.807) is 12.4 Å². The van der Waals surface area contributed by atoms with Gasteiger partial charge in [-0.25, -0.2) is 8.42 Å². The van der Waals surface area contributed by atoms with Gasteiger partial charge < -0.3 is 0 Å². The van der Waals surface area contributed by atoms with E-state index in [-0.39, 0.29) is 5.75 Å². The van der Waals surface area contributed by atoms with Crippen LogP contribution in [0.2, 0.25) is 0 Å². The third kappa shape index (κ3) is 3.52. The molecule has 19 heavy (non-hydrogen) atoms. The van der Waals surface area contributed by atoms with Gasteiger partial charge in [-0.1, -0.05) is 0 Å². The van der Waals surface area contributed by atoms with Crippen LogP contribution in [-0.2, 0) is 16.4 Å². The molecule has 0 amide bonds. The summed E-state index contributed by atoms with van der Waals surface area (Å²) in [6, 6.07) is 5.23. The predicted octanol–water partition coefficient (Wildman–Crippen LogP) is 1.33. The first-order valence-corrected chi connectivity index (χ1v) is 8.02. The minimum atomic E-state index is -3.35. The lowest BCUT2D eigenvalue weighted by molar-refractivity contribution is 0.297. The van der Waals surface area contributed by atoms with Crippen molar-refractivity contribution in [1.82, 2.24) is 9.29 Å². The van der Waals surface area contributed by atoms with Crippen LogP contribution in [0.15, 0.2) is 24.5 Å². The van der Waals surface area contributed by atoms with Gasteiger partial charge in [-0.3, -0.25) is 4.98 Å². The fraction of sp³-hybridized carbons (Fsp3) is 0.538. The first-order chi connectivity index (χ1) is 9.13. The molecule has 0 aliphatic carbocycles. The van der Waals surface area contributed by atoms with Gasteiger partial charge in [0.05, 0.1) is 11.8 Å². The second-order valence-corrected chi connectivity index (χ2v) is 6.71. The van der Waals surface area contributed by atoms with Gasteiger partial charge in [-0.05, 0) is 43.4 Å². The summed E-state index contributed by atoms with van der Waals surface area (Å²) in [5.41, 5.74) is 0.948. The molecule has 2 rings (SSSR count). The van der Waals surface area contributed by atoms with Gasteiger partial charge in [0, 0.05) is 18.9 Å². The lowest BCUT2D eigenvalue weighted by Crippen LogP contribution is -2.44. The van der Waals surface area contributed by atoms with E-state index in [0.29, 0.717) is 19.4 Å². The Bertz CT molecular complexity index is 551. The van der Waals surface area contributed by atoms with E-state index in [9.17, 15) is 8.42 Å². The van der Waals surface area contributed by atoms with E-state index in [0.717, 1.165) is 18.4 Å². The third-order valence-corrected chi connectivity index (χ3v) is 5.23. The fourth-order valence-corrected chi connectivity index (χ4v) is 3.96. The van der Waals surface area contributed by atoms with Gasteiger partial charge in [0.15, 0.2) is 0 Å². The van der Waals surface area contributed by atoms with Gasteiger partial charge in [-0.2, -0.15) is 9.57 Å². The van der Waals surface area contributed by atoms with Crippen LogP contribution in [0.5, 0.6) is 0 Å². The Hall–Kier alpha value is -1.45. The smallest absolute Gasteiger partial charge is 0.215 e. The van der Waals surface area contributed by atoms with Crippen molar-refractivity contribution in [3.63, 3.8) is 0 Å². The molecule has 0 N–H and O–H groups in total. The van der Waals surface area contributed by atoms with E-state index in [2.05, 4.69) is 11.1 Å². The van der Waals surface area contributed by atoms with E-state index in [4.69, 9.17) is 5.26 Å². The molecule has 1 aromatic rings. The van der Waals surface area contributed by atoms with Crippen molar-refractivity contribution < 1.29 is 8.42 Å². The number of nitriles is 1. The molecule has 0 aromatic carbocycles. The monoisotopic (exact) mass is 279 g/mol. The van der Waals surface area contributed by atoms with Gasteiger partial charge in [0.25, 0.3) is 0 Å². The van der Waals surface area contributed by atoms with Crippen molar-refractivity contribution in [3.8, 4) is 6.07 Å². The molecule has 1 aliphatic rings. The highest BCUT2D eigenvalue weighted by molar-refractivity contribution is 7.89. The zero-order chi connectivity index (χ0) is 13.7. The number of hydrogen-bond donors (Lipinski definition) is 0. The number of pyridine rings is 1. The highest BCUT2D eigenvalue weighted by Crippen LogP contribution is 2.20. The standard InChI is InChI=1S/C13H17N3O2S/c14-11-13-3-1-2-9-16(13)19(17,18)10-6-12-4-7-15-8-5-12/h4-5,7-8,13H,1-3,6,9-10H2. The summed E-state index contributed by atoms with van der Waals surface area (Å²) in [6.45, 7) is 0.469. The molecule has 2 heterocycles. The Balaban J connectivity index is 2.03. The van der Waals surface area contributed by atoms with Crippen molar-refractivity contribution in [2.75, 3.05) is 12.3 Å². The summed E-state index contributed by atoms with van der Waals surface area (Å²) in [6.07, 6.45) is 6.17. The van der Waals surface area contributed by atoms with Crippen LogP contribution in [-0.4, -0.2) is 36.0 Å². The summed E-state index contributed by atoms with van der Waals surface area (Å²) >= 11 is 0. The lowest BCUT2D eigenvalue weighted by Gasteiger charge is -2.30. The first-order valence-electron chi connectivity index (χ1n) is 6.41. The van der Waals surface area contributed by atoms with Crippen molar-refractivity contribution in [2.45, 2.75) is 31.7 Å².